The van der Waals surface area contributed by atoms with Crippen LogP contribution in [0.5, 0.6) is 0 Å². The number of anilines is 2. The molecule has 0 radical (unpaired) electrons. The van der Waals surface area contributed by atoms with Gasteiger partial charge in [-0.25, -0.2) is 4.98 Å². The van der Waals surface area contributed by atoms with Crippen LogP contribution in [0.2, 0.25) is 0 Å². The average Bonchev–Trinajstić information content (AvgIpc) is 2.98. The van der Waals surface area contributed by atoms with Crippen LogP contribution in [0, 0.1) is 0 Å². The van der Waals surface area contributed by atoms with E-state index in [-0.39, 0.29) is 11.8 Å². The third-order valence-corrected chi connectivity index (χ3v) is 4.82. The van der Waals surface area contributed by atoms with Crippen molar-refractivity contribution in [2.75, 3.05) is 23.4 Å². The van der Waals surface area contributed by atoms with Gasteiger partial charge in [-0.05, 0) is 25.0 Å². The van der Waals surface area contributed by atoms with Crippen molar-refractivity contribution in [3.05, 3.63) is 40.2 Å². The molecule has 0 spiro atoms. The first-order chi connectivity index (χ1) is 10.6. The highest BCUT2D eigenvalue weighted by Gasteiger charge is 2.27. The third-order valence-electron chi connectivity index (χ3n) is 3.73. The van der Waals surface area contributed by atoms with Crippen molar-refractivity contribution in [2.24, 2.45) is 0 Å². The average molecular weight is 315 g/mol. The van der Waals surface area contributed by atoms with Gasteiger partial charge in [-0.3, -0.25) is 14.5 Å². The monoisotopic (exact) mass is 315 g/mol. The highest BCUT2D eigenvalue weighted by molar-refractivity contribution is 7.14. The van der Waals surface area contributed by atoms with Crippen molar-refractivity contribution in [1.82, 2.24) is 4.98 Å². The molecule has 0 saturated carbocycles. The van der Waals surface area contributed by atoms with Gasteiger partial charge in [0.15, 0.2) is 5.01 Å². The number of hydrogen-bond donors (Lipinski definition) is 0. The Labute approximate surface area is 133 Å². The number of thiazole rings is 1. The topological polar surface area (TPSA) is 53.5 Å². The van der Waals surface area contributed by atoms with Gasteiger partial charge in [0, 0.05) is 31.1 Å². The lowest BCUT2D eigenvalue weighted by molar-refractivity contribution is -0.116. The minimum absolute atomic E-state index is 0.0262. The van der Waals surface area contributed by atoms with E-state index in [4.69, 9.17) is 0 Å². The minimum atomic E-state index is -0.144. The molecule has 6 heteroatoms. The second-order valence-corrected chi connectivity index (χ2v) is 6.32. The van der Waals surface area contributed by atoms with Gasteiger partial charge in [0.2, 0.25) is 5.91 Å². The molecule has 2 heterocycles. The summed E-state index contributed by atoms with van der Waals surface area (Å²) in [5.74, 6) is 0.490. The van der Waals surface area contributed by atoms with Crippen LogP contribution < -0.4 is 9.80 Å². The maximum Gasteiger partial charge on any atom is 0.287 e. The van der Waals surface area contributed by atoms with E-state index < -0.39 is 0 Å². The van der Waals surface area contributed by atoms with Crippen molar-refractivity contribution in [3.8, 4) is 0 Å². The number of nitrogens with zero attached hydrogens (tertiary/aromatic N) is 3. The maximum absolute atomic E-state index is 12.6. The molecule has 2 aromatic rings. The number of para-hydroxylation sites is 1. The van der Waals surface area contributed by atoms with Crippen LogP contribution in [-0.4, -0.2) is 30.4 Å². The van der Waals surface area contributed by atoms with Gasteiger partial charge in [0.1, 0.15) is 5.82 Å². The molecule has 22 heavy (non-hydrogen) atoms. The number of hydrogen-bond acceptors (Lipinski definition) is 4. The standard InChI is InChI=1S/C16H17N3O2S/c1-11(20)19-10-6-9-13-14(19)17-15(22-13)16(21)18(2)12-7-4-3-5-8-12/h3-5,7-8H,6,9-10H2,1-2H3. The molecular weight excluding hydrogens is 298 g/mol. The molecular formula is C16H17N3O2S. The summed E-state index contributed by atoms with van der Waals surface area (Å²) in [6.07, 6.45) is 1.79. The SMILES string of the molecule is CC(=O)N1CCCc2sc(C(=O)N(C)c3ccccc3)nc21. The lowest BCUT2D eigenvalue weighted by atomic mass is 10.2. The first kappa shape index (κ1) is 14.7. The summed E-state index contributed by atoms with van der Waals surface area (Å²) < 4.78 is 0. The summed E-state index contributed by atoms with van der Waals surface area (Å²) >= 11 is 1.39. The molecule has 0 unspecified atom stereocenters. The second-order valence-electron chi connectivity index (χ2n) is 5.24. The Balaban J connectivity index is 1.90. The lowest BCUT2D eigenvalue weighted by Gasteiger charge is -2.23. The Bertz CT molecular complexity index is 711. The molecule has 1 aromatic heterocycles. The van der Waals surface area contributed by atoms with E-state index in [2.05, 4.69) is 4.98 Å². The second kappa shape index (κ2) is 5.88. The Kier molecular flexibility index (Phi) is 3.94. The number of aromatic nitrogens is 1. The van der Waals surface area contributed by atoms with Gasteiger partial charge in [-0.1, -0.05) is 18.2 Å². The molecule has 0 N–H and O–H groups in total. The van der Waals surface area contributed by atoms with Gasteiger partial charge in [0.05, 0.1) is 0 Å². The summed E-state index contributed by atoms with van der Waals surface area (Å²) in [5.41, 5.74) is 0.823. The summed E-state index contributed by atoms with van der Waals surface area (Å²) in [5, 5.41) is 0.435. The predicted octanol–water partition coefficient (Wildman–Crippen LogP) is 2.72. The van der Waals surface area contributed by atoms with E-state index in [9.17, 15) is 9.59 Å². The zero-order valence-corrected chi connectivity index (χ0v) is 13.4. The van der Waals surface area contributed by atoms with Crippen LogP contribution in [0.3, 0.4) is 0 Å². The molecule has 2 amide bonds. The number of amides is 2. The van der Waals surface area contributed by atoms with Crippen LogP contribution in [0.4, 0.5) is 11.5 Å². The number of aryl methyl sites for hydroxylation is 1. The van der Waals surface area contributed by atoms with E-state index in [0.717, 1.165) is 23.4 Å². The smallest absolute Gasteiger partial charge is 0.287 e. The Morgan fingerprint density at radius 2 is 2.00 bits per heavy atom. The van der Waals surface area contributed by atoms with E-state index in [1.54, 1.807) is 16.8 Å². The Morgan fingerprint density at radius 1 is 1.27 bits per heavy atom. The number of fused-ring (bicyclic) bond motifs is 1. The number of rotatable bonds is 2. The highest BCUT2D eigenvalue weighted by Crippen LogP contribution is 2.32. The van der Waals surface area contributed by atoms with Crippen molar-refractivity contribution in [3.63, 3.8) is 0 Å². The summed E-state index contributed by atoms with van der Waals surface area (Å²) in [4.78, 5) is 33.0. The fourth-order valence-corrected chi connectivity index (χ4v) is 3.61. The fourth-order valence-electron chi connectivity index (χ4n) is 2.53. The normalized spacial score (nSPS) is 13.6. The molecule has 0 fully saturated rings. The Hall–Kier alpha value is -2.21. The van der Waals surface area contributed by atoms with Crippen LogP contribution in [0.1, 0.15) is 28.0 Å². The van der Waals surface area contributed by atoms with E-state index in [0.29, 0.717) is 17.4 Å². The van der Waals surface area contributed by atoms with E-state index in [1.807, 2.05) is 30.3 Å². The van der Waals surface area contributed by atoms with Crippen molar-refractivity contribution >= 4 is 34.7 Å². The first-order valence-electron chi connectivity index (χ1n) is 7.19. The highest BCUT2D eigenvalue weighted by atomic mass is 32.1. The molecule has 0 atom stereocenters. The minimum Gasteiger partial charge on any atom is -0.309 e. The number of benzene rings is 1. The van der Waals surface area contributed by atoms with Crippen molar-refractivity contribution < 1.29 is 9.59 Å². The fraction of sp³-hybridized carbons (Fsp3) is 0.312. The van der Waals surface area contributed by atoms with Gasteiger partial charge in [-0.2, -0.15) is 0 Å². The largest absolute Gasteiger partial charge is 0.309 e. The molecule has 1 aliphatic rings. The van der Waals surface area contributed by atoms with Gasteiger partial charge in [0.25, 0.3) is 5.91 Å². The van der Waals surface area contributed by atoms with Crippen LogP contribution in [0.15, 0.2) is 30.3 Å². The molecule has 1 aromatic carbocycles. The molecule has 5 nitrogen and oxygen atoms in total. The summed E-state index contributed by atoms with van der Waals surface area (Å²) in [6, 6.07) is 9.46. The lowest BCUT2D eigenvalue weighted by Crippen LogP contribution is -2.33. The van der Waals surface area contributed by atoms with Gasteiger partial charge < -0.3 is 4.90 Å². The quantitative estimate of drug-likeness (QED) is 0.856. The summed E-state index contributed by atoms with van der Waals surface area (Å²) in [6.45, 7) is 2.21. The zero-order chi connectivity index (χ0) is 15.7. The van der Waals surface area contributed by atoms with Crippen molar-refractivity contribution in [2.45, 2.75) is 19.8 Å². The number of carbonyl (C=O) groups is 2. The predicted molar refractivity (Wildman–Crippen MR) is 87.6 cm³/mol. The van der Waals surface area contributed by atoms with Crippen molar-refractivity contribution in [1.29, 1.82) is 0 Å². The van der Waals surface area contributed by atoms with Gasteiger partial charge in [-0.15, -0.1) is 11.3 Å². The van der Waals surface area contributed by atoms with Gasteiger partial charge >= 0.3 is 0 Å². The molecule has 3 rings (SSSR count). The molecule has 1 aliphatic heterocycles. The molecule has 0 aliphatic carbocycles. The Morgan fingerprint density at radius 3 is 2.68 bits per heavy atom. The molecule has 0 bridgehead atoms. The summed E-state index contributed by atoms with van der Waals surface area (Å²) in [7, 11) is 1.74. The van der Waals surface area contributed by atoms with E-state index >= 15 is 0 Å². The van der Waals surface area contributed by atoms with E-state index in [1.165, 1.54) is 18.3 Å². The molecule has 114 valence electrons. The van der Waals surface area contributed by atoms with Crippen LogP contribution >= 0.6 is 11.3 Å². The zero-order valence-electron chi connectivity index (χ0n) is 12.6. The van der Waals surface area contributed by atoms with Crippen LogP contribution in [0.25, 0.3) is 0 Å². The van der Waals surface area contributed by atoms with Crippen LogP contribution in [-0.2, 0) is 11.2 Å². The molecule has 0 saturated heterocycles. The number of carbonyl (C=O) groups excluding carboxylic acids is 2. The third kappa shape index (κ3) is 2.62. The maximum atomic E-state index is 12.6. The first-order valence-corrected chi connectivity index (χ1v) is 8.00.